The van der Waals surface area contributed by atoms with Gasteiger partial charge in [-0.1, -0.05) is 17.7 Å². The lowest BCUT2D eigenvalue weighted by Crippen LogP contribution is -2.50. The van der Waals surface area contributed by atoms with Crippen LogP contribution in [-0.4, -0.2) is 41.9 Å². The van der Waals surface area contributed by atoms with Gasteiger partial charge in [0, 0.05) is 18.2 Å². The zero-order valence-electron chi connectivity index (χ0n) is 12.8. The van der Waals surface area contributed by atoms with Crippen LogP contribution >= 0.6 is 11.6 Å². The summed E-state index contributed by atoms with van der Waals surface area (Å²) in [6.07, 6.45) is 1.86. The molecule has 1 saturated heterocycles. The second kappa shape index (κ2) is 6.84. The molecule has 3 rings (SSSR count). The maximum absolute atomic E-state index is 12.6. The molecule has 1 N–H and O–H groups in total. The van der Waals surface area contributed by atoms with Gasteiger partial charge in [-0.15, -0.1) is 0 Å². The molecule has 0 aliphatic carbocycles. The van der Waals surface area contributed by atoms with E-state index in [1.807, 2.05) is 24.4 Å². The van der Waals surface area contributed by atoms with E-state index in [1.165, 1.54) is 18.2 Å². The first-order valence-corrected chi connectivity index (χ1v) is 7.89. The number of benzene rings is 1. The van der Waals surface area contributed by atoms with E-state index in [-0.39, 0.29) is 16.6 Å². The second-order valence-corrected chi connectivity index (χ2v) is 5.86. The number of rotatable bonds is 3. The average Bonchev–Trinajstić information content (AvgIpc) is 2.62. The largest absolute Gasteiger partial charge is 0.331 e. The zero-order chi connectivity index (χ0) is 17.1. The molecule has 0 spiro atoms. The van der Waals surface area contributed by atoms with Crippen LogP contribution < -0.4 is 9.88 Å². The van der Waals surface area contributed by atoms with Crippen molar-refractivity contribution >= 4 is 29.0 Å². The number of amides is 1. The number of hydrogen-bond donors (Lipinski definition) is 0. The summed E-state index contributed by atoms with van der Waals surface area (Å²) in [5, 5.41) is 10.9. The summed E-state index contributed by atoms with van der Waals surface area (Å²) >= 11 is 6.04. The summed E-state index contributed by atoms with van der Waals surface area (Å²) in [7, 11) is 0. The lowest BCUT2D eigenvalue weighted by Gasteiger charge is -2.31. The quantitative estimate of drug-likeness (QED) is 0.628. The Labute approximate surface area is 143 Å². The van der Waals surface area contributed by atoms with Crippen LogP contribution in [0.1, 0.15) is 10.4 Å². The third kappa shape index (κ3) is 3.30. The van der Waals surface area contributed by atoms with Gasteiger partial charge in [-0.2, -0.15) is 0 Å². The smallest absolute Gasteiger partial charge is 0.274 e. The summed E-state index contributed by atoms with van der Waals surface area (Å²) in [5.74, 6) is 0.810. The second-order valence-electron chi connectivity index (χ2n) is 5.45. The van der Waals surface area contributed by atoms with Gasteiger partial charge in [0.2, 0.25) is 0 Å². The van der Waals surface area contributed by atoms with Crippen molar-refractivity contribution in [2.75, 3.05) is 31.1 Å². The Morgan fingerprint density at radius 3 is 2.50 bits per heavy atom. The normalized spacial score (nSPS) is 14.5. The van der Waals surface area contributed by atoms with Crippen LogP contribution in [0, 0.1) is 10.1 Å². The van der Waals surface area contributed by atoms with Crippen molar-refractivity contribution in [3.63, 3.8) is 0 Å². The predicted octanol–water partition coefficient (Wildman–Crippen LogP) is 2.02. The van der Waals surface area contributed by atoms with Crippen LogP contribution in [0.2, 0.25) is 5.02 Å². The molecule has 1 aromatic carbocycles. The molecule has 7 nitrogen and oxygen atoms in total. The number of halogens is 1. The van der Waals surface area contributed by atoms with Crippen molar-refractivity contribution in [3.8, 4) is 0 Å². The number of non-ortho nitro benzene ring substituents is 1. The molecule has 0 bridgehead atoms. The van der Waals surface area contributed by atoms with Crippen LogP contribution in [0.15, 0.2) is 42.6 Å². The average molecular weight is 348 g/mol. The van der Waals surface area contributed by atoms with Gasteiger partial charge in [0.25, 0.3) is 17.4 Å². The number of hydrogen-bond acceptors (Lipinski definition) is 4. The van der Waals surface area contributed by atoms with E-state index < -0.39 is 4.92 Å². The van der Waals surface area contributed by atoms with Gasteiger partial charge in [-0.3, -0.25) is 19.8 Å². The van der Waals surface area contributed by atoms with Crippen LogP contribution in [0.5, 0.6) is 0 Å². The molecule has 1 fully saturated rings. The molecule has 1 aliphatic heterocycles. The Balaban J connectivity index is 1.68. The molecule has 1 aliphatic rings. The molecule has 1 aromatic heterocycles. The summed E-state index contributed by atoms with van der Waals surface area (Å²) in [5.41, 5.74) is 0.169. The lowest BCUT2D eigenvalue weighted by molar-refractivity contribution is -0.384. The van der Waals surface area contributed by atoms with Gasteiger partial charge in [-0.05, 0) is 12.1 Å². The van der Waals surface area contributed by atoms with Crippen molar-refractivity contribution in [1.82, 2.24) is 4.90 Å². The number of anilines is 1. The number of pyridine rings is 1. The predicted molar refractivity (Wildman–Crippen MR) is 89.2 cm³/mol. The van der Waals surface area contributed by atoms with E-state index >= 15 is 0 Å². The third-order valence-corrected chi connectivity index (χ3v) is 4.31. The molecular formula is C16H16ClN4O3+. The molecule has 2 heterocycles. The monoisotopic (exact) mass is 347 g/mol. The minimum Gasteiger partial charge on any atom is -0.331 e. The van der Waals surface area contributed by atoms with Crippen molar-refractivity contribution in [2.45, 2.75) is 0 Å². The fraction of sp³-hybridized carbons (Fsp3) is 0.250. The summed E-state index contributed by atoms with van der Waals surface area (Å²) in [6.45, 7) is 2.54. The molecular weight excluding hydrogens is 332 g/mol. The molecule has 0 radical (unpaired) electrons. The molecule has 2 aromatic rings. The van der Waals surface area contributed by atoms with Crippen molar-refractivity contribution in [1.29, 1.82) is 0 Å². The first-order chi connectivity index (χ1) is 11.6. The van der Waals surface area contributed by atoms with Gasteiger partial charge >= 0.3 is 0 Å². The molecule has 0 atom stereocenters. The van der Waals surface area contributed by atoms with Gasteiger partial charge in [0.1, 0.15) is 13.1 Å². The highest BCUT2D eigenvalue weighted by Gasteiger charge is 2.28. The van der Waals surface area contributed by atoms with E-state index in [4.69, 9.17) is 11.6 Å². The minimum atomic E-state index is -0.532. The number of piperazine rings is 1. The van der Waals surface area contributed by atoms with E-state index in [9.17, 15) is 14.9 Å². The van der Waals surface area contributed by atoms with Crippen LogP contribution in [0.25, 0.3) is 0 Å². The molecule has 1 amide bonds. The molecule has 24 heavy (non-hydrogen) atoms. The number of H-pyrrole nitrogens is 1. The molecule has 124 valence electrons. The van der Waals surface area contributed by atoms with Gasteiger partial charge in [-0.25, -0.2) is 4.98 Å². The van der Waals surface area contributed by atoms with Crippen LogP contribution in [0.4, 0.5) is 11.5 Å². The topological polar surface area (TPSA) is 80.8 Å². The zero-order valence-corrected chi connectivity index (χ0v) is 13.6. The number of nitro groups is 1. The maximum atomic E-state index is 12.6. The van der Waals surface area contributed by atoms with Crippen molar-refractivity contribution in [3.05, 3.63) is 63.3 Å². The van der Waals surface area contributed by atoms with E-state index in [0.29, 0.717) is 31.7 Å². The van der Waals surface area contributed by atoms with Crippen LogP contribution in [0.3, 0.4) is 0 Å². The van der Waals surface area contributed by atoms with Gasteiger partial charge < -0.3 is 4.90 Å². The number of carbonyl (C=O) groups is 1. The maximum Gasteiger partial charge on any atom is 0.274 e. The number of aromatic nitrogens is 1. The first kappa shape index (κ1) is 16.2. The highest BCUT2D eigenvalue weighted by Crippen LogP contribution is 2.24. The number of aromatic amines is 1. The molecule has 0 unspecified atom stereocenters. The Morgan fingerprint density at radius 2 is 1.92 bits per heavy atom. The van der Waals surface area contributed by atoms with Gasteiger partial charge in [0.05, 0.1) is 34.8 Å². The standard InChI is InChI=1S/C16H15ClN4O3/c17-14-11-12(21(23)24)4-5-13(14)16(22)20-9-7-19(8-10-20)15-3-1-2-6-18-15/h1-6,11H,7-10H2/p+1. The van der Waals surface area contributed by atoms with Crippen molar-refractivity contribution in [2.24, 2.45) is 0 Å². The molecule has 8 heteroatoms. The Hall–Kier alpha value is -2.67. The summed E-state index contributed by atoms with van der Waals surface area (Å²) in [6, 6.07) is 9.79. The van der Waals surface area contributed by atoms with Crippen molar-refractivity contribution < 1.29 is 14.7 Å². The fourth-order valence-corrected chi connectivity index (χ4v) is 2.95. The highest BCUT2D eigenvalue weighted by molar-refractivity contribution is 6.34. The number of nitrogens with zero attached hydrogens (tertiary/aromatic N) is 3. The van der Waals surface area contributed by atoms with E-state index in [2.05, 4.69) is 9.88 Å². The number of nitrogens with one attached hydrogen (secondary N) is 1. The fourth-order valence-electron chi connectivity index (χ4n) is 2.69. The highest BCUT2D eigenvalue weighted by atomic mass is 35.5. The van der Waals surface area contributed by atoms with Gasteiger partial charge in [0.15, 0.2) is 0 Å². The lowest BCUT2D eigenvalue weighted by atomic mass is 10.1. The number of nitro benzene ring substituents is 1. The minimum absolute atomic E-state index is 0.105. The third-order valence-electron chi connectivity index (χ3n) is 3.99. The first-order valence-electron chi connectivity index (χ1n) is 7.51. The Morgan fingerprint density at radius 1 is 1.17 bits per heavy atom. The SMILES string of the molecule is O=C(c1ccc([N+](=O)[O-])cc1Cl)N1CCN(c2cccc[nH+]2)CC1. The van der Waals surface area contributed by atoms with E-state index in [0.717, 1.165) is 5.82 Å². The Kier molecular flexibility index (Phi) is 4.61. The number of carbonyl (C=O) groups excluding carboxylic acids is 1. The summed E-state index contributed by atoms with van der Waals surface area (Å²) < 4.78 is 0. The van der Waals surface area contributed by atoms with Crippen LogP contribution in [-0.2, 0) is 0 Å². The summed E-state index contributed by atoms with van der Waals surface area (Å²) in [4.78, 5) is 29.9. The Bertz CT molecular complexity index is 761. The van der Waals surface area contributed by atoms with E-state index in [1.54, 1.807) is 4.90 Å². The molecule has 0 saturated carbocycles.